The Morgan fingerprint density at radius 2 is 2.11 bits per heavy atom. The highest BCUT2D eigenvalue weighted by Crippen LogP contribution is 2.34. The number of carbonyl (C=O) groups excluding carboxylic acids is 1. The van der Waals surface area contributed by atoms with Gasteiger partial charge in [0.05, 0.1) is 4.75 Å². The van der Waals surface area contributed by atoms with E-state index in [1.807, 2.05) is 18.1 Å². The molecule has 7 heteroatoms. The Hall–Kier alpha value is -1.11. The molecule has 0 unspecified atom stereocenters. The summed E-state index contributed by atoms with van der Waals surface area (Å²) < 4.78 is -0.337. The topological polar surface area (TPSA) is 82.2 Å². The van der Waals surface area contributed by atoms with E-state index < -0.39 is 0 Å². The van der Waals surface area contributed by atoms with E-state index in [2.05, 4.69) is 5.16 Å². The molecule has 1 fully saturated rings. The zero-order valence-corrected chi connectivity index (χ0v) is 12.0. The Labute approximate surface area is 112 Å². The first-order valence-electron chi connectivity index (χ1n) is 6.04. The molecule has 0 aromatic rings. The predicted octanol–water partition coefficient (Wildman–Crippen LogP) is 1.00. The van der Waals surface area contributed by atoms with Crippen molar-refractivity contribution in [2.45, 2.75) is 24.5 Å². The number of hydrogen-bond donors (Lipinski definition) is 2. The minimum Gasteiger partial charge on any atom is -0.409 e. The minimum atomic E-state index is -0.337. The number of piperidine rings is 1. The lowest BCUT2D eigenvalue weighted by atomic mass is 9.94. The molecule has 0 aromatic carbocycles. The number of amidine groups is 1. The van der Waals surface area contributed by atoms with Crippen LogP contribution < -0.4 is 5.73 Å². The molecule has 0 aromatic heterocycles. The van der Waals surface area contributed by atoms with Gasteiger partial charge in [-0.2, -0.15) is 11.8 Å². The first-order valence-corrected chi connectivity index (χ1v) is 7.26. The van der Waals surface area contributed by atoms with Crippen LogP contribution in [0.4, 0.5) is 4.79 Å². The number of hydrogen-bond acceptors (Lipinski definition) is 4. The van der Waals surface area contributed by atoms with Gasteiger partial charge in [-0.3, -0.25) is 0 Å². The van der Waals surface area contributed by atoms with E-state index >= 15 is 0 Å². The number of thioether (sulfide) groups is 1. The minimum absolute atomic E-state index is 0.0479. The molecule has 6 nitrogen and oxygen atoms in total. The van der Waals surface area contributed by atoms with Crippen LogP contribution in [0.5, 0.6) is 0 Å². The van der Waals surface area contributed by atoms with Crippen molar-refractivity contribution in [2.75, 3.05) is 32.9 Å². The highest BCUT2D eigenvalue weighted by Gasteiger charge is 2.39. The van der Waals surface area contributed by atoms with Crippen molar-refractivity contribution < 1.29 is 10.0 Å². The van der Waals surface area contributed by atoms with Crippen LogP contribution in [0.15, 0.2) is 5.16 Å². The van der Waals surface area contributed by atoms with Gasteiger partial charge in [-0.1, -0.05) is 5.16 Å². The quantitative estimate of drug-likeness (QED) is 0.348. The molecule has 3 N–H and O–H groups in total. The molecule has 1 saturated heterocycles. The van der Waals surface area contributed by atoms with Crippen LogP contribution in [0.2, 0.25) is 0 Å². The maximum atomic E-state index is 12.0. The summed E-state index contributed by atoms with van der Waals surface area (Å²) in [4.78, 5) is 15.5. The third-order valence-corrected chi connectivity index (χ3v) is 5.01. The molecule has 0 saturated carbocycles. The molecule has 1 rings (SSSR count). The molecule has 0 radical (unpaired) electrons. The molecule has 0 spiro atoms. The van der Waals surface area contributed by atoms with Crippen LogP contribution in [-0.4, -0.2) is 64.6 Å². The molecule has 0 atom stereocenters. The van der Waals surface area contributed by atoms with Gasteiger partial charge in [0, 0.05) is 26.7 Å². The van der Waals surface area contributed by atoms with E-state index in [0.717, 1.165) is 0 Å². The largest absolute Gasteiger partial charge is 0.409 e. The molecule has 2 amide bonds. The Bertz CT molecular complexity index is 327. The lowest BCUT2D eigenvalue weighted by molar-refractivity contribution is 0.152. The van der Waals surface area contributed by atoms with Gasteiger partial charge in [0.25, 0.3) is 0 Å². The van der Waals surface area contributed by atoms with Gasteiger partial charge in [-0.25, -0.2) is 4.79 Å². The maximum Gasteiger partial charge on any atom is 0.319 e. The van der Waals surface area contributed by atoms with Crippen LogP contribution >= 0.6 is 11.8 Å². The van der Waals surface area contributed by atoms with Crippen molar-refractivity contribution in [1.29, 1.82) is 0 Å². The summed E-state index contributed by atoms with van der Waals surface area (Å²) in [5.41, 5.74) is 5.77. The molecule has 1 heterocycles. The third-order valence-electron chi connectivity index (χ3n) is 3.61. The average Bonchev–Trinajstić information content (AvgIpc) is 2.44. The van der Waals surface area contributed by atoms with E-state index in [-0.39, 0.29) is 16.6 Å². The van der Waals surface area contributed by atoms with Gasteiger partial charge in [0.1, 0.15) is 0 Å². The van der Waals surface area contributed by atoms with Crippen molar-refractivity contribution >= 4 is 23.6 Å². The van der Waals surface area contributed by atoms with Crippen LogP contribution in [0, 0.1) is 0 Å². The van der Waals surface area contributed by atoms with Gasteiger partial charge >= 0.3 is 6.03 Å². The van der Waals surface area contributed by atoms with Gasteiger partial charge in [0.15, 0.2) is 5.84 Å². The fourth-order valence-corrected chi connectivity index (χ4v) is 2.93. The van der Waals surface area contributed by atoms with Gasteiger partial charge < -0.3 is 20.7 Å². The summed E-state index contributed by atoms with van der Waals surface area (Å²) in [6.07, 6.45) is 3.38. The Kier molecular flexibility index (Phi) is 5.13. The summed E-state index contributed by atoms with van der Waals surface area (Å²) in [7, 11) is 1.79. The SMILES string of the molecule is CCN(C)C(=O)N1CCC(SC)(C(N)=NO)CC1. The first-order chi connectivity index (χ1) is 8.50. The number of urea groups is 1. The number of nitrogens with zero attached hydrogens (tertiary/aromatic N) is 3. The summed E-state index contributed by atoms with van der Waals surface area (Å²) in [6.45, 7) is 3.92. The number of oxime groups is 1. The molecule has 0 bridgehead atoms. The Balaban J connectivity index is 2.67. The van der Waals surface area contributed by atoms with Crippen molar-refractivity contribution in [3.8, 4) is 0 Å². The fraction of sp³-hybridized carbons (Fsp3) is 0.818. The maximum absolute atomic E-state index is 12.0. The summed E-state index contributed by atoms with van der Waals surface area (Å²) in [5, 5.41) is 12.0. The normalized spacial score (nSPS) is 19.7. The summed E-state index contributed by atoms with van der Waals surface area (Å²) >= 11 is 1.59. The molecular weight excluding hydrogens is 252 g/mol. The smallest absolute Gasteiger partial charge is 0.319 e. The first kappa shape index (κ1) is 14.9. The molecule has 18 heavy (non-hydrogen) atoms. The number of rotatable bonds is 3. The highest BCUT2D eigenvalue weighted by atomic mass is 32.2. The van der Waals surface area contributed by atoms with E-state index in [0.29, 0.717) is 32.5 Å². The van der Waals surface area contributed by atoms with E-state index in [9.17, 15) is 4.79 Å². The predicted molar refractivity (Wildman–Crippen MR) is 74.2 cm³/mol. The van der Waals surface area contributed by atoms with E-state index in [4.69, 9.17) is 10.9 Å². The fourth-order valence-electron chi connectivity index (χ4n) is 2.09. The van der Waals surface area contributed by atoms with Gasteiger partial charge in [-0.15, -0.1) is 0 Å². The average molecular weight is 274 g/mol. The molecular formula is C11H22N4O2S. The Morgan fingerprint density at radius 3 is 2.50 bits per heavy atom. The summed E-state index contributed by atoms with van der Waals surface area (Å²) in [5.74, 6) is 0.256. The van der Waals surface area contributed by atoms with Crippen molar-refractivity contribution in [3.05, 3.63) is 0 Å². The van der Waals surface area contributed by atoms with Crippen molar-refractivity contribution in [3.63, 3.8) is 0 Å². The second-order valence-electron chi connectivity index (χ2n) is 4.47. The number of nitrogens with two attached hydrogens (primary N) is 1. The van der Waals surface area contributed by atoms with Crippen LogP contribution in [0.1, 0.15) is 19.8 Å². The van der Waals surface area contributed by atoms with Crippen LogP contribution in [0.25, 0.3) is 0 Å². The summed E-state index contributed by atoms with van der Waals surface area (Å²) in [6, 6.07) is 0.0479. The number of amides is 2. The zero-order chi connectivity index (χ0) is 13.8. The van der Waals surface area contributed by atoms with Gasteiger partial charge in [0.2, 0.25) is 0 Å². The second kappa shape index (κ2) is 6.17. The molecule has 1 aliphatic heterocycles. The third kappa shape index (κ3) is 2.82. The van der Waals surface area contributed by atoms with Crippen molar-refractivity contribution in [1.82, 2.24) is 9.80 Å². The Morgan fingerprint density at radius 1 is 1.56 bits per heavy atom. The van der Waals surface area contributed by atoms with Gasteiger partial charge in [-0.05, 0) is 26.0 Å². The lowest BCUT2D eigenvalue weighted by Crippen LogP contribution is -2.53. The number of carbonyl (C=O) groups is 1. The molecule has 0 aliphatic carbocycles. The van der Waals surface area contributed by atoms with E-state index in [1.54, 1.807) is 23.7 Å². The molecule has 1 aliphatic rings. The highest BCUT2D eigenvalue weighted by molar-refractivity contribution is 8.00. The standard InChI is InChI=1S/C11H22N4O2S/c1-4-14(2)10(16)15-7-5-11(18-3,6-8-15)9(12)13-17/h17H,4-8H2,1-3H3,(H2,12,13). The van der Waals surface area contributed by atoms with Crippen molar-refractivity contribution in [2.24, 2.45) is 10.9 Å². The second-order valence-corrected chi connectivity index (χ2v) is 5.66. The number of likely N-dealkylation sites (tertiary alicyclic amines) is 1. The monoisotopic (exact) mass is 274 g/mol. The molecule has 104 valence electrons. The van der Waals surface area contributed by atoms with E-state index in [1.165, 1.54) is 0 Å². The zero-order valence-electron chi connectivity index (χ0n) is 11.2. The van der Waals surface area contributed by atoms with Crippen LogP contribution in [0.3, 0.4) is 0 Å². The van der Waals surface area contributed by atoms with Crippen LogP contribution in [-0.2, 0) is 0 Å². The lowest BCUT2D eigenvalue weighted by Gasteiger charge is -2.40.